The number of hydrogen-bond donors (Lipinski definition) is 1. The standard InChI is InChI=1S/C15H11BrF2O2/c16-8-1-4-14-11(5-8)13(19)7-15(20-14)10-3-2-9(17)6-12(10)18/h1-6,13,15,19H,7H2/t13-,15?/m0/s1. The molecular weight excluding hydrogens is 330 g/mol. The van der Waals surface area contributed by atoms with Crippen LogP contribution in [0.25, 0.3) is 0 Å². The maximum absolute atomic E-state index is 13.8. The highest BCUT2D eigenvalue weighted by molar-refractivity contribution is 9.10. The van der Waals surface area contributed by atoms with E-state index in [1.54, 1.807) is 18.2 Å². The molecule has 104 valence electrons. The average Bonchev–Trinajstić information content (AvgIpc) is 2.39. The van der Waals surface area contributed by atoms with Gasteiger partial charge >= 0.3 is 0 Å². The number of fused-ring (bicyclic) bond motifs is 1. The Bertz CT molecular complexity index is 660. The van der Waals surface area contributed by atoms with Gasteiger partial charge in [-0.15, -0.1) is 0 Å². The molecule has 0 bridgehead atoms. The van der Waals surface area contributed by atoms with Gasteiger partial charge in [0.1, 0.15) is 23.5 Å². The van der Waals surface area contributed by atoms with Gasteiger partial charge in [-0.3, -0.25) is 0 Å². The molecule has 0 saturated heterocycles. The predicted molar refractivity (Wildman–Crippen MR) is 73.4 cm³/mol. The maximum atomic E-state index is 13.8. The molecule has 0 fully saturated rings. The van der Waals surface area contributed by atoms with Gasteiger partial charge in [0.25, 0.3) is 0 Å². The Morgan fingerprint density at radius 2 is 1.90 bits per heavy atom. The molecule has 2 nitrogen and oxygen atoms in total. The molecule has 5 heteroatoms. The quantitative estimate of drug-likeness (QED) is 0.839. The van der Waals surface area contributed by atoms with Gasteiger partial charge in [0.15, 0.2) is 0 Å². The second kappa shape index (κ2) is 5.14. The number of halogens is 3. The molecule has 1 heterocycles. The van der Waals surface area contributed by atoms with Crippen molar-refractivity contribution < 1.29 is 18.6 Å². The number of aliphatic hydroxyl groups excluding tert-OH is 1. The number of benzene rings is 2. The summed E-state index contributed by atoms with van der Waals surface area (Å²) in [5.41, 5.74) is 0.914. The summed E-state index contributed by atoms with van der Waals surface area (Å²) >= 11 is 3.33. The molecule has 1 aliphatic heterocycles. The summed E-state index contributed by atoms with van der Waals surface area (Å²) in [6.07, 6.45) is -1.14. The van der Waals surface area contributed by atoms with Crippen LogP contribution >= 0.6 is 15.9 Å². The van der Waals surface area contributed by atoms with E-state index in [-0.39, 0.29) is 12.0 Å². The lowest BCUT2D eigenvalue weighted by Crippen LogP contribution is -2.20. The minimum atomic E-state index is -0.745. The fourth-order valence-corrected chi connectivity index (χ4v) is 2.75. The van der Waals surface area contributed by atoms with E-state index >= 15 is 0 Å². The summed E-state index contributed by atoms with van der Waals surface area (Å²) in [6, 6.07) is 8.64. The zero-order valence-corrected chi connectivity index (χ0v) is 11.9. The van der Waals surface area contributed by atoms with Crippen molar-refractivity contribution in [2.24, 2.45) is 0 Å². The summed E-state index contributed by atoms with van der Waals surface area (Å²) < 4.78 is 33.3. The third kappa shape index (κ3) is 2.43. The van der Waals surface area contributed by atoms with E-state index in [0.717, 1.165) is 10.5 Å². The van der Waals surface area contributed by atoms with Gasteiger partial charge in [-0.05, 0) is 30.3 Å². The first-order valence-corrected chi connectivity index (χ1v) is 6.93. The van der Waals surface area contributed by atoms with Crippen LogP contribution in [-0.4, -0.2) is 5.11 Å². The van der Waals surface area contributed by atoms with E-state index in [9.17, 15) is 13.9 Å². The second-order valence-electron chi connectivity index (χ2n) is 4.71. The number of ether oxygens (including phenoxy) is 1. The third-order valence-electron chi connectivity index (χ3n) is 3.35. The van der Waals surface area contributed by atoms with Crippen LogP contribution in [-0.2, 0) is 0 Å². The lowest BCUT2D eigenvalue weighted by Gasteiger charge is -2.30. The number of rotatable bonds is 1. The summed E-state index contributed by atoms with van der Waals surface area (Å²) in [4.78, 5) is 0. The first-order chi connectivity index (χ1) is 9.54. The van der Waals surface area contributed by atoms with E-state index in [1.807, 2.05) is 0 Å². The molecule has 0 amide bonds. The monoisotopic (exact) mass is 340 g/mol. The van der Waals surface area contributed by atoms with Gasteiger partial charge in [0.2, 0.25) is 0 Å². The third-order valence-corrected chi connectivity index (χ3v) is 3.84. The topological polar surface area (TPSA) is 29.5 Å². The van der Waals surface area contributed by atoms with Gasteiger partial charge in [-0.25, -0.2) is 8.78 Å². The highest BCUT2D eigenvalue weighted by atomic mass is 79.9. The molecule has 20 heavy (non-hydrogen) atoms. The molecule has 0 saturated carbocycles. The Morgan fingerprint density at radius 3 is 2.65 bits per heavy atom. The van der Waals surface area contributed by atoms with Crippen molar-refractivity contribution >= 4 is 15.9 Å². The fraction of sp³-hybridized carbons (Fsp3) is 0.200. The molecule has 2 aromatic rings. The molecule has 1 N–H and O–H groups in total. The Morgan fingerprint density at radius 1 is 1.10 bits per heavy atom. The summed E-state index contributed by atoms with van der Waals surface area (Å²) in [7, 11) is 0. The van der Waals surface area contributed by atoms with Gasteiger partial charge in [-0.1, -0.05) is 15.9 Å². The van der Waals surface area contributed by atoms with E-state index < -0.39 is 23.8 Å². The van der Waals surface area contributed by atoms with Gasteiger partial charge in [-0.2, -0.15) is 0 Å². The Kier molecular flexibility index (Phi) is 3.48. The lowest BCUT2D eigenvalue weighted by atomic mass is 9.95. The second-order valence-corrected chi connectivity index (χ2v) is 5.62. The molecule has 2 aromatic carbocycles. The Balaban J connectivity index is 1.97. The van der Waals surface area contributed by atoms with Crippen LogP contribution in [0.5, 0.6) is 5.75 Å². The van der Waals surface area contributed by atoms with E-state index in [4.69, 9.17) is 4.74 Å². The van der Waals surface area contributed by atoms with E-state index in [1.165, 1.54) is 12.1 Å². The van der Waals surface area contributed by atoms with Crippen LogP contribution < -0.4 is 4.74 Å². The van der Waals surface area contributed by atoms with Crippen molar-refractivity contribution in [3.63, 3.8) is 0 Å². The highest BCUT2D eigenvalue weighted by Gasteiger charge is 2.29. The molecular formula is C15H11BrF2O2. The summed E-state index contributed by atoms with van der Waals surface area (Å²) in [5, 5.41) is 10.2. The van der Waals surface area contributed by atoms with Crippen LogP contribution in [0, 0.1) is 11.6 Å². The van der Waals surface area contributed by atoms with Crippen molar-refractivity contribution in [2.75, 3.05) is 0 Å². The first-order valence-electron chi connectivity index (χ1n) is 6.13. The van der Waals surface area contributed by atoms with Gasteiger partial charge in [0.05, 0.1) is 6.10 Å². The molecule has 1 unspecified atom stereocenters. The van der Waals surface area contributed by atoms with Gasteiger partial charge in [0, 0.05) is 28.1 Å². The van der Waals surface area contributed by atoms with Crippen LogP contribution in [0.3, 0.4) is 0 Å². The minimum Gasteiger partial charge on any atom is -0.485 e. The smallest absolute Gasteiger partial charge is 0.133 e. The zero-order valence-electron chi connectivity index (χ0n) is 10.3. The number of hydrogen-bond acceptors (Lipinski definition) is 2. The van der Waals surface area contributed by atoms with Crippen molar-refractivity contribution in [1.29, 1.82) is 0 Å². The molecule has 3 rings (SSSR count). The minimum absolute atomic E-state index is 0.228. The Hall–Kier alpha value is -1.46. The van der Waals surface area contributed by atoms with Crippen LogP contribution in [0.15, 0.2) is 40.9 Å². The molecule has 1 aliphatic rings. The van der Waals surface area contributed by atoms with E-state index in [2.05, 4.69) is 15.9 Å². The normalized spacial score (nSPS) is 21.2. The summed E-state index contributed by atoms with van der Waals surface area (Å²) in [6.45, 7) is 0. The molecule has 2 atom stereocenters. The lowest BCUT2D eigenvalue weighted by molar-refractivity contribution is 0.0639. The van der Waals surface area contributed by atoms with Crippen molar-refractivity contribution in [3.05, 3.63) is 63.6 Å². The van der Waals surface area contributed by atoms with Crippen LogP contribution in [0.2, 0.25) is 0 Å². The predicted octanol–water partition coefficient (Wildman–Crippen LogP) is 4.28. The Labute approximate surface area is 123 Å². The van der Waals surface area contributed by atoms with E-state index in [0.29, 0.717) is 11.3 Å². The average molecular weight is 341 g/mol. The van der Waals surface area contributed by atoms with Crippen LogP contribution in [0.4, 0.5) is 8.78 Å². The SMILES string of the molecule is O[C@H]1CC(c2ccc(F)cc2F)Oc2ccc(Br)cc21. The van der Waals surface area contributed by atoms with Crippen LogP contribution in [0.1, 0.15) is 29.8 Å². The summed E-state index contributed by atoms with van der Waals surface area (Å²) in [5.74, 6) is -0.782. The first kappa shape index (κ1) is 13.5. The largest absolute Gasteiger partial charge is 0.485 e. The highest BCUT2D eigenvalue weighted by Crippen LogP contribution is 2.42. The fourth-order valence-electron chi connectivity index (χ4n) is 2.37. The van der Waals surface area contributed by atoms with Crippen molar-refractivity contribution in [1.82, 2.24) is 0 Å². The molecule has 0 aromatic heterocycles. The van der Waals surface area contributed by atoms with Crippen molar-refractivity contribution in [2.45, 2.75) is 18.6 Å². The zero-order chi connectivity index (χ0) is 14.3. The van der Waals surface area contributed by atoms with Gasteiger partial charge < -0.3 is 9.84 Å². The maximum Gasteiger partial charge on any atom is 0.133 e. The molecule has 0 spiro atoms. The van der Waals surface area contributed by atoms with Crippen molar-refractivity contribution in [3.8, 4) is 5.75 Å². The molecule has 0 radical (unpaired) electrons. The number of aliphatic hydroxyl groups is 1. The molecule has 0 aliphatic carbocycles.